The fourth-order valence-electron chi connectivity index (χ4n) is 4.22. The molecule has 1 N–H and O–H groups in total. The molecule has 0 saturated carbocycles. The van der Waals surface area contributed by atoms with Gasteiger partial charge in [0.05, 0.1) is 7.11 Å². The van der Waals surface area contributed by atoms with E-state index in [1.165, 1.54) is 54.6 Å². The molecule has 1 aromatic heterocycles. The number of nitrogens with zero attached hydrogens (tertiary/aromatic N) is 1. The highest BCUT2D eigenvalue weighted by atomic mass is 16.5. The summed E-state index contributed by atoms with van der Waals surface area (Å²) in [5, 5.41) is 1.36. The predicted octanol–water partition coefficient (Wildman–Crippen LogP) is 3.29. The monoisotopic (exact) mass is 270 g/mol. The second kappa shape index (κ2) is 4.52. The van der Waals surface area contributed by atoms with Crippen molar-refractivity contribution in [2.24, 2.45) is 5.92 Å². The van der Waals surface area contributed by atoms with Gasteiger partial charge >= 0.3 is 0 Å². The molecule has 2 aromatic rings. The van der Waals surface area contributed by atoms with Crippen LogP contribution in [0, 0.1) is 12.8 Å². The van der Waals surface area contributed by atoms with Crippen molar-refractivity contribution < 1.29 is 4.74 Å². The number of fused-ring (bicyclic) bond motifs is 4. The van der Waals surface area contributed by atoms with Gasteiger partial charge < -0.3 is 14.6 Å². The van der Waals surface area contributed by atoms with E-state index < -0.39 is 0 Å². The zero-order valence-corrected chi connectivity index (χ0v) is 12.3. The van der Waals surface area contributed by atoms with E-state index in [1.807, 2.05) is 6.07 Å². The number of piperidine rings is 3. The summed E-state index contributed by atoms with van der Waals surface area (Å²) >= 11 is 0. The summed E-state index contributed by atoms with van der Waals surface area (Å²) in [5.41, 5.74) is 4.12. The smallest absolute Gasteiger partial charge is 0.119 e. The lowest BCUT2D eigenvalue weighted by Gasteiger charge is -2.45. The molecular formula is C17H22N2O. The minimum atomic E-state index is 0.693. The molecule has 106 valence electrons. The van der Waals surface area contributed by atoms with Gasteiger partial charge in [0.2, 0.25) is 0 Å². The van der Waals surface area contributed by atoms with Crippen molar-refractivity contribution in [3.05, 3.63) is 29.5 Å². The molecule has 3 fully saturated rings. The summed E-state index contributed by atoms with van der Waals surface area (Å²) in [7, 11) is 1.74. The molecule has 1 atom stereocenters. The Balaban J connectivity index is 1.84. The Labute approximate surface area is 119 Å². The molecule has 3 heteroatoms. The maximum absolute atomic E-state index is 5.41. The summed E-state index contributed by atoms with van der Waals surface area (Å²) in [4.78, 5) is 6.19. The number of rotatable bonds is 2. The summed E-state index contributed by atoms with van der Waals surface area (Å²) in [6.07, 6.45) is 2.72. The molecule has 3 aliphatic heterocycles. The number of benzene rings is 1. The first kappa shape index (κ1) is 12.3. The van der Waals surface area contributed by atoms with E-state index in [4.69, 9.17) is 4.74 Å². The molecular weight excluding hydrogens is 248 g/mol. The number of aryl methyl sites for hydroxylation is 1. The van der Waals surface area contributed by atoms with Gasteiger partial charge in [-0.25, -0.2) is 0 Å². The first-order valence-electron chi connectivity index (χ1n) is 7.65. The van der Waals surface area contributed by atoms with Crippen LogP contribution in [0.3, 0.4) is 0 Å². The Morgan fingerprint density at radius 1 is 1.25 bits per heavy atom. The van der Waals surface area contributed by atoms with Gasteiger partial charge in [-0.15, -0.1) is 0 Å². The first-order valence-corrected chi connectivity index (χ1v) is 7.65. The molecule has 0 spiro atoms. The molecule has 2 bridgehead atoms. The third-order valence-electron chi connectivity index (χ3n) is 5.27. The molecule has 0 radical (unpaired) electrons. The minimum absolute atomic E-state index is 0.693. The second-order valence-electron chi connectivity index (χ2n) is 6.32. The quantitative estimate of drug-likeness (QED) is 0.907. The highest BCUT2D eigenvalue weighted by Crippen LogP contribution is 2.43. The van der Waals surface area contributed by atoms with Gasteiger partial charge in [-0.1, -0.05) is 0 Å². The number of nitrogens with one attached hydrogen (secondary N) is 1. The molecule has 1 unspecified atom stereocenters. The van der Waals surface area contributed by atoms with Gasteiger partial charge in [-0.2, -0.15) is 0 Å². The molecule has 20 heavy (non-hydrogen) atoms. The van der Waals surface area contributed by atoms with Crippen LogP contribution in [0.5, 0.6) is 5.75 Å². The lowest BCUT2D eigenvalue weighted by Crippen LogP contribution is -2.46. The predicted molar refractivity (Wildman–Crippen MR) is 81.5 cm³/mol. The number of hydrogen-bond donors (Lipinski definition) is 1. The SMILES string of the molecule is COc1ccc2[nH]c(C)c(C3CN4CCC3CC4)c2c1. The topological polar surface area (TPSA) is 28.3 Å². The number of hydrogen-bond acceptors (Lipinski definition) is 2. The Morgan fingerprint density at radius 3 is 2.70 bits per heavy atom. The third kappa shape index (κ3) is 1.76. The van der Waals surface area contributed by atoms with Gasteiger partial charge in [-0.05, 0) is 62.5 Å². The standard InChI is InChI=1S/C17H22N2O/c1-11-17(15-10-19-7-5-12(15)6-8-19)14-9-13(20-2)3-4-16(14)18-11/h3-4,9,12,15,18H,5-8,10H2,1-2H3. The van der Waals surface area contributed by atoms with E-state index >= 15 is 0 Å². The number of ether oxygens (including phenoxy) is 1. The van der Waals surface area contributed by atoms with Crippen molar-refractivity contribution in [1.29, 1.82) is 0 Å². The normalized spacial score (nSPS) is 29.0. The van der Waals surface area contributed by atoms with Crippen molar-refractivity contribution in [1.82, 2.24) is 9.88 Å². The molecule has 3 saturated heterocycles. The van der Waals surface area contributed by atoms with E-state index in [2.05, 4.69) is 28.9 Å². The van der Waals surface area contributed by atoms with E-state index in [0.717, 1.165) is 11.7 Å². The molecule has 3 nitrogen and oxygen atoms in total. The van der Waals surface area contributed by atoms with Crippen molar-refractivity contribution in [3.8, 4) is 5.75 Å². The highest BCUT2D eigenvalue weighted by Gasteiger charge is 2.36. The number of H-pyrrole nitrogens is 1. The van der Waals surface area contributed by atoms with Crippen molar-refractivity contribution in [3.63, 3.8) is 0 Å². The van der Waals surface area contributed by atoms with Crippen molar-refractivity contribution in [2.45, 2.75) is 25.7 Å². The number of aromatic nitrogens is 1. The average molecular weight is 270 g/mol. The lowest BCUT2D eigenvalue weighted by atomic mass is 9.75. The van der Waals surface area contributed by atoms with E-state index in [-0.39, 0.29) is 0 Å². The molecule has 3 aliphatic rings. The number of methoxy groups -OCH3 is 1. The van der Waals surface area contributed by atoms with Gasteiger partial charge in [0, 0.05) is 29.1 Å². The van der Waals surface area contributed by atoms with Crippen LogP contribution in [-0.4, -0.2) is 36.6 Å². The first-order chi connectivity index (χ1) is 9.76. The second-order valence-corrected chi connectivity index (χ2v) is 6.32. The van der Waals surface area contributed by atoms with Crippen LogP contribution in [0.1, 0.15) is 30.0 Å². The fraction of sp³-hybridized carbons (Fsp3) is 0.529. The van der Waals surface area contributed by atoms with Gasteiger partial charge in [-0.3, -0.25) is 0 Å². The largest absolute Gasteiger partial charge is 0.497 e. The summed E-state index contributed by atoms with van der Waals surface area (Å²) in [6.45, 7) is 6.05. The van der Waals surface area contributed by atoms with Gasteiger partial charge in [0.1, 0.15) is 5.75 Å². The van der Waals surface area contributed by atoms with Crippen LogP contribution < -0.4 is 4.74 Å². The molecule has 4 heterocycles. The van der Waals surface area contributed by atoms with Crippen LogP contribution in [0.25, 0.3) is 10.9 Å². The van der Waals surface area contributed by atoms with Gasteiger partial charge in [0.25, 0.3) is 0 Å². The Kier molecular flexibility index (Phi) is 2.77. The maximum atomic E-state index is 5.41. The van der Waals surface area contributed by atoms with Crippen LogP contribution in [-0.2, 0) is 0 Å². The zero-order chi connectivity index (χ0) is 13.7. The summed E-state index contributed by atoms with van der Waals surface area (Å²) in [6, 6.07) is 6.39. The van der Waals surface area contributed by atoms with E-state index in [0.29, 0.717) is 5.92 Å². The third-order valence-corrected chi connectivity index (χ3v) is 5.27. The van der Waals surface area contributed by atoms with Gasteiger partial charge in [0.15, 0.2) is 0 Å². The van der Waals surface area contributed by atoms with E-state index in [1.54, 1.807) is 7.11 Å². The highest BCUT2D eigenvalue weighted by molar-refractivity contribution is 5.86. The molecule has 5 rings (SSSR count). The minimum Gasteiger partial charge on any atom is -0.497 e. The summed E-state index contributed by atoms with van der Waals surface area (Å²) in [5.74, 6) is 2.52. The van der Waals surface area contributed by atoms with Crippen molar-refractivity contribution >= 4 is 10.9 Å². The Bertz CT molecular complexity index is 638. The molecule has 1 aromatic carbocycles. The Morgan fingerprint density at radius 2 is 2.05 bits per heavy atom. The van der Waals surface area contributed by atoms with E-state index in [9.17, 15) is 0 Å². The molecule has 0 amide bonds. The zero-order valence-electron chi connectivity index (χ0n) is 12.3. The Hall–Kier alpha value is -1.48. The van der Waals surface area contributed by atoms with Crippen LogP contribution >= 0.6 is 0 Å². The van der Waals surface area contributed by atoms with Crippen LogP contribution in [0.4, 0.5) is 0 Å². The lowest BCUT2D eigenvalue weighted by molar-refractivity contribution is 0.0874. The fourth-order valence-corrected chi connectivity index (χ4v) is 4.22. The average Bonchev–Trinajstić information content (AvgIpc) is 2.83. The number of aromatic amines is 1. The van der Waals surface area contributed by atoms with Crippen LogP contribution in [0.15, 0.2) is 18.2 Å². The summed E-state index contributed by atoms with van der Waals surface area (Å²) < 4.78 is 5.41. The molecule has 0 aliphatic carbocycles. The maximum Gasteiger partial charge on any atom is 0.119 e. The van der Waals surface area contributed by atoms with Crippen molar-refractivity contribution in [2.75, 3.05) is 26.7 Å². The van der Waals surface area contributed by atoms with Crippen LogP contribution in [0.2, 0.25) is 0 Å².